The van der Waals surface area contributed by atoms with Crippen LogP contribution in [0.15, 0.2) is 24.3 Å². The third kappa shape index (κ3) is 5.10. The second-order valence-electron chi connectivity index (χ2n) is 5.65. The van der Waals surface area contributed by atoms with E-state index in [-0.39, 0.29) is 18.3 Å². The number of carbonyl (C=O) groups is 1. The van der Waals surface area contributed by atoms with E-state index in [1.165, 1.54) is 6.07 Å². The number of carbonyl (C=O) groups excluding carboxylic acids is 1. The Morgan fingerprint density at radius 1 is 1.33 bits per heavy atom. The fraction of sp³-hybridized carbons (Fsp3) is 0.562. The van der Waals surface area contributed by atoms with E-state index in [2.05, 4.69) is 15.5 Å². The molecule has 1 heterocycles. The summed E-state index contributed by atoms with van der Waals surface area (Å²) in [6.45, 7) is 3.62. The first kappa shape index (κ1) is 15.9. The minimum absolute atomic E-state index is 0.0367. The molecule has 0 spiro atoms. The Balaban J connectivity index is 1.70. The maximum absolute atomic E-state index is 13.4. The Morgan fingerprint density at radius 2 is 2.05 bits per heavy atom. The van der Waals surface area contributed by atoms with Gasteiger partial charge < -0.3 is 10.6 Å². The summed E-state index contributed by atoms with van der Waals surface area (Å²) in [7, 11) is 1.97. The first-order valence-electron chi connectivity index (χ1n) is 7.56. The fourth-order valence-electron chi connectivity index (χ4n) is 2.73. The van der Waals surface area contributed by atoms with Crippen LogP contribution in [0.5, 0.6) is 0 Å². The van der Waals surface area contributed by atoms with Gasteiger partial charge in [0.25, 0.3) is 0 Å². The highest BCUT2D eigenvalue weighted by Gasteiger charge is 2.20. The maximum Gasteiger partial charge on any atom is 0.234 e. The van der Waals surface area contributed by atoms with Gasteiger partial charge in [-0.2, -0.15) is 0 Å². The molecule has 1 saturated heterocycles. The molecule has 0 saturated carbocycles. The van der Waals surface area contributed by atoms with Gasteiger partial charge in [0.1, 0.15) is 5.82 Å². The van der Waals surface area contributed by atoms with Crippen molar-refractivity contribution in [3.05, 3.63) is 35.6 Å². The van der Waals surface area contributed by atoms with Crippen LogP contribution in [0.2, 0.25) is 0 Å². The fourth-order valence-corrected chi connectivity index (χ4v) is 2.73. The average Bonchev–Trinajstić information content (AvgIpc) is 2.49. The van der Waals surface area contributed by atoms with E-state index in [4.69, 9.17) is 0 Å². The summed E-state index contributed by atoms with van der Waals surface area (Å²) in [5.74, 6) is 0.406. The molecule has 1 amide bonds. The largest absolute Gasteiger partial charge is 0.351 e. The van der Waals surface area contributed by atoms with E-state index in [0.29, 0.717) is 18.0 Å². The van der Waals surface area contributed by atoms with Gasteiger partial charge in [0.2, 0.25) is 5.91 Å². The molecule has 0 aromatic heterocycles. The highest BCUT2D eigenvalue weighted by molar-refractivity contribution is 5.78. The highest BCUT2D eigenvalue weighted by Crippen LogP contribution is 2.15. The molecule has 0 atom stereocenters. The molecule has 1 aromatic carbocycles. The van der Waals surface area contributed by atoms with Crippen LogP contribution in [-0.2, 0) is 11.3 Å². The van der Waals surface area contributed by atoms with Crippen LogP contribution >= 0.6 is 0 Å². The lowest BCUT2D eigenvalue weighted by Crippen LogP contribution is -2.42. The molecule has 0 unspecified atom stereocenters. The number of halogens is 1. The second-order valence-corrected chi connectivity index (χ2v) is 5.65. The average molecular weight is 293 g/mol. The number of piperidine rings is 1. The van der Waals surface area contributed by atoms with E-state index >= 15 is 0 Å². The van der Waals surface area contributed by atoms with Gasteiger partial charge in [0.15, 0.2) is 0 Å². The predicted octanol–water partition coefficient (Wildman–Crippen LogP) is 1.37. The zero-order valence-electron chi connectivity index (χ0n) is 12.6. The maximum atomic E-state index is 13.4. The third-order valence-electron chi connectivity index (χ3n) is 4.00. The van der Waals surface area contributed by atoms with Crippen LogP contribution in [-0.4, -0.2) is 44.0 Å². The zero-order chi connectivity index (χ0) is 15.1. The Bertz CT molecular complexity index is 459. The minimum Gasteiger partial charge on any atom is -0.351 e. The normalized spacial score (nSPS) is 16.9. The van der Waals surface area contributed by atoms with Gasteiger partial charge in [0.05, 0.1) is 6.54 Å². The number of amides is 1. The molecule has 2 N–H and O–H groups in total. The third-order valence-corrected chi connectivity index (χ3v) is 4.00. The summed E-state index contributed by atoms with van der Waals surface area (Å²) >= 11 is 0. The first-order chi connectivity index (χ1) is 10.2. The molecule has 1 aromatic rings. The Morgan fingerprint density at radius 3 is 2.71 bits per heavy atom. The predicted molar refractivity (Wildman–Crippen MR) is 81.3 cm³/mol. The Labute approximate surface area is 125 Å². The molecule has 116 valence electrons. The van der Waals surface area contributed by atoms with Crippen LogP contribution < -0.4 is 10.6 Å². The van der Waals surface area contributed by atoms with Gasteiger partial charge in [0, 0.05) is 12.1 Å². The second kappa shape index (κ2) is 8.10. The van der Waals surface area contributed by atoms with Crippen molar-refractivity contribution in [1.82, 2.24) is 15.5 Å². The quantitative estimate of drug-likeness (QED) is 0.833. The van der Waals surface area contributed by atoms with E-state index in [9.17, 15) is 9.18 Å². The first-order valence-corrected chi connectivity index (χ1v) is 7.56. The SMILES string of the molecule is CNCC1CCN(CC(=O)NCc2ccccc2F)CC1. The van der Waals surface area contributed by atoms with Crippen LogP contribution in [0.4, 0.5) is 4.39 Å². The number of hydrogen-bond acceptors (Lipinski definition) is 3. The zero-order valence-corrected chi connectivity index (χ0v) is 12.6. The molecule has 4 nitrogen and oxygen atoms in total. The lowest BCUT2D eigenvalue weighted by molar-refractivity contribution is -0.122. The van der Waals surface area contributed by atoms with Crippen LogP contribution in [0, 0.1) is 11.7 Å². The summed E-state index contributed by atoms with van der Waals surface area (Å²) in [5, 5.41) is 5.99. The van der Waals surface area contributed by atoms with Gasteiger partial charge >= 0.3 is 0 Å². The highest BCUT2D eigenvalue weighted by atomic mass is 19.1. The summed E-state index contributed by atoms with van der Waals surface area (Å²) in [5.41, 5.74) is 0.526. The number of benzene rings is 1. The van der Waals surface area contributed by atoms with Crippen molar-refractivity contribution in [1.29, 1.82) is 0 Å². The van der Waals surface area contributed by atoms with E-state index < -0.39 is 0 Å². The van der Waals surface area contributed by atoms with E-state index in [1.807, 2.05) is 7.05 Å². The van der Waals surface area contributed by atoms with Gasteiger partial charge in [-0.1, -0.05) is 18.2 Å². The van der Waals surface area contributed by atoms with Crippen LogP contribution in [0.1, 0.15) is 18.4 Å². The molecule has 1 aliphatic heterocycles. The molecule has 1 aliphatic rings. The minimum atomic E-state index is -0.273. The van der Waals surface area contributed by atoms with Gasteiger partial charge in [-0.3, -0.25) is 9.69 Å². The molecule has 0 radical (unpaired) electrons. The summed E-state index contributed by atoms with van der Waals surface area (Å²) in [6.07, 6.45) is 2.25. The number of nitrogens with one attached hydrogen (secondary N) is 2. The number of likely N-dealkylation sites (tertiary alicyclic amines) is 1. The van der Waals surface area contributed by atoms with Crippen molar-refractivity contribution in [2.45, 2.75) is 19.4 Å². The van der Waals surface area contributed by atoms with E-state index in [0.717, 1.165) is 32.5 Å². The lowest BCUT2D eigenvalue weighted by Gasteiger charge is -2.31. The molecule has 0 aliphatic carbocycles. The van der Waals surface area contributed by atoms with E-state index in [1.54, 1.807) is 18.2 Å². The monoisotopic (exact) mass is 293 g/mol. The van der Waals surface area contributed by atoms with Gasteiger partial charge in [-0.05, 0) is 51.5 Å². The molecular weight excluding hydrogens is 269 g/mol. The standard InChI is InChI=1S/C16H24FN3O/c1-18-10-13-6-8-20(9-7-13)12-16(21)19-11-14-4-2-3-5-15(14)17/h2-5,13,18H,6-12H2,1H3,(H,19,21). The lowest BCUT2D eigenvalue weighted by atomic mass is 9.97. The topological polar surface area (TPSA) is 44.4 Å². The van der Waals surface area contributed by atoms with Crippen LogP contribution in [0.25, 0.3) is 0 Å². The van der Waals surface area contributed by atoms with Crippen molar-refractivity contribution >= 4 is 5.91 Å². The van der Waals surface area contributed by atoms with Crippen LogP contribution in [0.3, 0.4) is 0 Å². The molecule has 1 fully saturated rings. The Hall–Kier alpha value is -1.46. The number of rotatable bonds is 6. The molecule has 21 heavy (non-hydrogen) atoms. The molecule has 2 rings (SSSR count). The van der Waals surface area contributed by atoms with Crippen molar-refractivity contribution in [3.8, 4) is 0 Å². The summed E-state index contributed by atoms with van der Waals surface area (Å²) < 4.78 is 13.4. The molecular formula is C16H24FN3O. The van der Waals surface area contributed by atoms with Gasteiger partial charge in [-0.15, -0.1) is 0 Å². The summed E-state index contributed by atoms with van der Waals surface area (Å²) in [6, 6.07) is 6.53. The summed E-state index contributed by atoms with van der Waals surface area (Å²) in [4.78, 5) is 14.1. The van der Waals surface area contributed by atoms with Crippen molar-refractivity contribution < 1.29 is 9.18 Å². The van der Waals surface area contributed by atoms with Gasteiger partial charge in [-0.25, -0.2) is 4.39 Å². The van der Waals surface area contributed by atoms with Crippen molar-refractivity contribution in [3.63, 3.8) is 0 Å². The molecule has 5 heteroatoms. The smallest absolute Gasteiger partial charge is 0.234 e. The number of nitrogens with zero attached hydrogens (tertiary/aromatic N) is 1. The van der Waals surface area contributed by atoms with Crippen molar-refractivity contribution in [2.24, 2.45) is 5.92 Å². The van der Waals surface area contributed by atoms with Crippen molar-refractivity contribution in [2.75, 3.05) is 33.2 Å². The molecule has 0 bridgehead atoms. The Kier molecular flexibility index (Phi) is 6.14. The number of hydrogen-bond donors (Lipinski definition) is 2.